The van der Waals surface area contributed by atoms with Crippen molar-refractivity contribution in [1.82, 2.24) is 15.1 Å². The van der Waals surface area contributed by atoms with Crippen molar-refractivity contribution in [2.75, 3.05) is 13.2 Å². The Hall–Kier alpha value is -3.08. The molecule has 0 saturated carbocycles. The van der Waals surface area contributed by atoms with Crippen LogP contribution in [0.2, 0.25) is 0 Å². The van der Waals surface area contributed by atoms with Crippen LogP contribution < -0.4 is 4.74 Å². The molecule has 1 N–H and O–H groups in total. The maximum absolute atomic E-state index is 13.2. The van der Waals surface area contributed by atoms with Gasteiger partial charge in [-0.2, -0.15) is 5.10 Å². The molecule has 3 heterocycles. The number of nitrogens with one attached hydrogen (secondary N) is 1. The molecule has 1 aromatic heterocycles. The number of aromatic nitrogens is 2. The molecule has 2 aromatic carbocycles. The van der Waals surface area contributed by atoms with Gasteiger partial charge < -0.3 is 9.64 Å². The Morgan fingerprint density at radius 1 is 1.11 bits per heavy atom. The molecular formula is C22H21N3O2. The van der Waals surface area contributed by atoms with Gasteiger partial charge in [0.2, 0.25) is 5.91 Å². The minimum atomic E-state index is -0.117. The molecule has 1 unspecified atom stereocenters. The summed E-state index contributed by atoms with van der Waals surface area (Å²) >= 11 is 0. The Bertz CT molecular complexity index is 980. The van der Waals surface area contributed by atoms with Crippen molar-refractivity contribution in [2.24, 2.45) is 5.92 Å². The highest BCUT2D eigenvalue weighted by Crippen LogP contribution is 2.31. The molecule has 0 saturated heterocycles. The zero-order chi connectivity index (χ0) is 18.2. The second kappa shape index (κ2) is 6.58. The van der Waals surface area contributed by atoms with Crippen molar-refractivity contribution in [3.05, 3.63) is 71.4 Å². The van der Waals surface area contributed by atoms with Crippen molar-refractivity contribution in [3.8, 4) is 17.0 Å². The van der Waals surface area contributed by atoms with E-state index in [2.05, 4.69) is 22.3 Å². The van der Waals surface area contributed by atoms with Crippen LogP contribution in [0.25, 0.3) is 11.3 Å². The number of H-pyrrole nitrogens is 1. The van der Waals surface area contributed by atoms with Crippen LogP contribution in [0.3, 0.4) is 0 Å². The lowest BCUT2D eigenvalue weighted by Crippen LogP contribution is -2.43. The van der Waals surface area contributed by atoms with E-state index in [1.54, 1.807) is 0 Å². The first-order valence-electron chi connectivity index (χ1n) is 9.40. The SMILES string of the molecule is O=C(C1COc2ccccc2C1)N1CCc2[nH]nc(-c3ccccc3)c2C1. The number of hydrogen-bond donors (Lipinski definition) is 1. The molecule has 2 aliphatic heterocycles. The first kappa shape index (κ1) is 16.1. The lowest BCUT2D eigenvalue weighted by molar-refractivity contribution is -0.137. The average molecular weight is 359 g/mol. The van der Waals surface area contributed by atoms with Gasteiger partial charge in [-0.3, -0.25) is 9.89 Å². The molecule has 0 spiro atoms. The standard InChI is InChI=1S/C22H21N3O2/c26-22(17-12-16-8-4-5-9-20(16)27-14-17)25-11-10-19-18(13-25)21(24-23-19)15-6-2-1-3-7-15/h1-9,17H,10-14H2,(H,23,24). The topological polar surface area (TPSA) is 58.2 Å². The molecule has 1 amide bonds. The zero-order valence-corrected chi connectivity index (χ0v) is 15.0. The minimum absolute atomic E-state index is 0.117. The summed E-state index contributed by atoms with van der Waals surface area (Å²) < 4.78 is 5.83. The van der Waals surface area contributed by atoms with E-state index >= 15 is 0 Å². The average Bonchev–Trinajstić information content (AvgIpc) is 3.17. The van der Waals surface area contributed by atoms with E-state index in [1.165, 1.54) is 0 Å². The van der Waals surface area contributed by atoms with Gasteiger partial charge in [-0.25, -0.2) is 0 Å². The second-order valence-corrected chi connectivity index (χ2v) is 7.22. The summed E-state index contributed by atoms with van der Waals surface area (Å²) in [5.41, 5.74) is 5.43. The van der Waals surface area contributed by atoms with E-state index in [0.29, 0.717) is 13.2 Å². The molecular weight excluding hydrogens is 338 g/mol. The third kappa shape index (κ3) is 2.89. The third-order valence-corrected chi connectivity index (χ3v) is 5.52. The molecule has 0 radical (unpaired) electrons. The number of fused-ring (bicyclic) bond motifs is 2. The first-order valence-corrected chi connectivity index (χ1v) is 9.40. The molecule has 136 valence electrons. The van der Waals surface area contributed by atoms with Crippen molar-refractivity contribution in [3.63, 3.8) is 0 Å². The van der Waals surface area contributed by atoms with Crippen LogP contribution in [0, 0.1) is 5.92 Å². The molecule has 0 bridgehead atoms. The van der Waals surface area contributed by atoms with E-state index in [-0.39, 0.29) is 11.8 Å². The summed E-state index contributed by atoms with van der Waals surface area (Å²) in [6.07, 6.45) is 1.56. The number of rotatable bonds is 2. The zero-order valence-electron chi connectivity index (χ0n) is 15.0. The van der Waals surface area contributed by atoms with E-state index in [9.17, 15) is 4.79 Å². The highest BCUT2D eigenvalue weighted by Gasteiger charge is 2.32. The number of hydrogen-bond acceptors (Lipinski definition) is 3. The summed E-state index contributed by atoms with van der Waals surface area (Å²) in [4.78, 5) is 15.1. The number of amides is 1. The number of nitrogens with zero attached hydrogens (tertiary/aromatic N) is 2. The fourth-order valence-electron chi connectivity index (χ4n) is 4.06. The Kier molecular flexibility index (Phi) is 3.93. The van der Waals surface area contributed by atoms with Gasteiger partial charge in [0.05, 0.1) is 11.6 Å². The quantitative estimate of drug-likeness (QED) is 0.764. The van der Waals surface area contributed by atoms with Gasteiger partial charge in [-0.15, -0.1) is 0 Å². The number of aromatic amines is 1. The van der Waals surface area contributed by atoms with Crippen molar-refractivity contribution in [1.29, 1.82) is 0 Å². The number of carbonyl (C=O) groups excluding carboxylic acids is 1. The van der Waals surface area contributed by atoms with Crippen molar-refractivity contribution in [2.45, 2.75) is 19.4 Å². The summed E-state index contributed by atoms with van der Waals surface area (Å²) in [5.74, 6) is 0.965. The Balaban J connectivity index is 1.37. The van der Waals surface area contributed by atoms with Gasteiger partial charge in [0.15, 0.2) is 0 Å². The number of ether oxygens (including phenoxy) is 1. The lowest BCUT2D eigenvalue weighted by atomic mass is 9.94. The Morgan fingerprint density at radius 2 is 1.93 bits per heavy atom. The van der Waals surface area contributed by atoms with Gasteiger partial charge in [0, 0.05) is 36.3 Å². The molecule has 3 aromatic rings. The summed E-state index contributed by atoms with van der Waals surface area (Å²) in [6, 6.07) is 18.1. The first-order chi connectivity index (χ1) is 13.3. The number of carbonyl (C=O) groups is 1. The molecule has 1 atom stereocenters. The molecule has 27 heavy (non-hydrogen) atoms. The molecule has 5 rings (SSSR count). The van der Waals surface area contributed by atoms with Gasteiger partial charge >= 0.3 is 0 Å². The van der Waals surface area contributed by atoms with Crippen LogP contribution in [0.5, 0.6) is 5.75 Å². The predicted octanol–water partition coefficient (Wildman–Crippen LogP) is 3.21. The van der Waals surface area contributed by atoms with E-state index in [4.69, 9.17) is 4.74 Å². The highest BCUT2D eigenvalue weighted by molar-refractivity contribution is 5.80. The third-order valence-electron chi connectivity index (χ3n) is 5.52. The largest absolute Gasteiger partial charge is 0.492 e. The van der Waals surface area contributed by atoms with Gasteiger partial charge in [-0.05, 0) is 18.1 Å². The molecule has 2 aliphatic rings. The number of benzene rings is 2. The molecule has 5 nitrogen and oxygen atoms in total. The maximum atomic E-state index is 13.2. The second-order valence-electron chi connectivity index (χ2n) is 7.22. The van der Waals surface area contributed by atoms with Crippen LogP contribution in [-0.4, -0.2) is 34.2 Å². The van der Waals surface area contributed by atoms with E-state index in [1.807, 2.05) is 47.4 Å². The Morgan fingerprint density at radius 3 is 2.81 bits per heavy atom. The fraction of sp³-hybridized carbons (Fsp3) is 0.273. The highest BCUT2D eigenvalue weighted by atomic mass is 16.5. The van der Waals surface area contributed by atoms with Crippen molar-refractivity contribution >= 4 is 5.91 Å². The van der Waals surface area contributed by atoms with Crippen molar-refractivity contribution < 1.29 is 9.53 Å². The maximum Gasteiger partial charge on any atom is 0.229 e. The minimum Gasteiger partial charge on any atom is -0.492 e. The predicted molar refractivity (Wildman–Crippen MR) is 102 cm³/mol. The smallest absolute Gasteiger partial charge is 0.229 e. The molecule has 5 heteroatoms. The molecule has 0 fully saturated rings. The van der Waals surface area contributed by atoms with Gasteiger partial charge in [0.1, 0.15) is 12.4 Å². The van der Waals surface area contributed by atoms with Crippen LogP contribution in [0.1, 0.15) is 16.8 Å². The molecule has 0 aliphatic carbocycles. The van der Waals surface area contributed by atoms with E-state index in [0.717, 1.165) is 53.2 Å². The van der Waals surface area contributed by atoms with Crippen LogP contribution in [-0.2, 0) is 24.2 Å². The van der Waals surface area contributed by atoms with Crippen LogP contribution in [0.15, 0.2) is 54.6 Å². The van der Waals surface area contributed by atoms with Gasteiger partial charge in [0.25, 0.3) is 0 Å². The summed E-state index contributed by atoms with van der Waals surface area (Å²) in [7, 11) is 0. The van der Waals surface area contributed by atoms with E-state index < -0.39 is 0 Å². The van der Waals surface area contributed by atoms with Crippen LogP contribution in [0.4, 0.5) is 0 Å². The van der Waals surface area contributed by atoms with Crippen LogP contribution >= 0.6 is 0 Å². The fourth-order valence-corrected chi connectivity index (χ4v) is 4.06. The number of para-hydroxylation sites is 1. The normalized spacial score (nSPS) is 18.4. The summed E-state index contributed by atoms with van der Waals surface area (Å²) in [6.45, 7) is 1.78. The Labute approximate surface area is 158 Å². The summed E-state index contributed by atoms with van der Waals surface area (Å²) in [5, 5.41) is 7.68. The van der Waals surface area contributed by atoms with Gasteiger partial charge in [-0.1, -0.05) is 48.5 Å². The monoisotopic (exact) mass is 359 g/mol. The lowest BCUT2D eigenvalue weighted by Gasteiger charge is -2.32.